The van der Waals surface area contributed by atoms with E-state index in [1.54, 1.807) is 36.8 Å². The molecule has 2 aromatic heterocycles. The number of hydrogen-bond donors (Lipinski definition) is 4. The number of amides is 5. The normalized spacial score (nSPS) is 16.0. The number of imidazole rings is 1. The summed E-state index contributed by atoms with van der Waals surface area (Å²) in [6.45, 7) is 10.5. The van der Waals surface area contributed by atoms with E-state index in [0.29, 0.717) is 32.5 Å². The van der Waals surface area contributed by atoms with E-state index in [4.69, 9.17) is 4.98 Å². The van der Waals surface area contributed by atoms with Gasteiger partial charge in [-0.1, -0.05) is 114 Å². The number of carbonyl (C=O) groups excluding carboxylic acids is 3. The van der Waals surface area contributed by atoms with Crippen molar-refractivity contribution in [2.45, 2.75) is 97.1 Å². The van der Waals surface area contributed by atoms with Crippen molar-refractivity contribution in [3.8, 4) is 11.3 Å². The van der Waals surface area contributed by atoms with Crippen molar-refractivity contribution >= 4 is 35.0 Å². The van der Waals surface area contributed by atoms with Crippen LogP contribution in [0.5, 0.6) is 0 Å². The fourth-order valence-electron chi connectivity index (χ4n) is 8.68. The van der Waals surface area contributed by atoms with Crippen molar-refractivity contribution in [1.29, 1.82) is 0 Å². The third-order valence-electron chi connectivity index (χ3n) is 12.2. The maximum absolute atomic E-state index is 14.7. The molecule has 5 aromatic rings. The number of fused-ring (bicyclic) bond motifs is 1. The van der Waals surface area contributed by atoms with Gasteiger partial charge in [0.25, 0.3) is 0 Å². The predicted octanol–water partition coefficient (Wildman–Crippen LogP) is 6.52. The number of aryl methyl sites for hydroxylation is 1. The van der Waals surface area contributed by atoms with Crippen LogP contribution in [0.1, 0.15) is 64.4 Å². The summed E-state index contributed by atoms with van der Waals surface area (Å²) in [6, 6.07) is 27.3. The Hall–Kier alpha value is -6.28. The predicted molar refractivity (Wildman–Crippen MR) is 244 cm³/mol. The number of carboxylic acid groups (broad SMARTS) is 1. The summed E-state index contributed by atoms with van der Waals surface area (Å²) in [5.74, 6) is -0.301. The molecule has 1 fully saturated rings. The second-order valence-electron chi connectivity index (χ2n) is 17.9. The molecule has 5 amide bonds. The van der Waals surface area contributed by atoms with Gasteiger partial charge in [0.1, 0.15) is 17.9 Å². The second-order valence-corrected chi connectivity index (χ2v) is 17.9. The first-order valence-electron chi connectivity index (χ1n) is 21.8. The Labute approximate surface area is 370 Å². The maximum atomic E-state index is 14.7. The van der Waals surface area contributed by atoms with Crippen LogP contribution in [-0.2, 0) is 36.0 Å². The molecule has 63 heavy (non-hydrogen) atoms. The van der Waals surface area contributed by atoms with Gasteiger partial charge in [-0.05, 0) is 66.0 Å². The lowest BCUT2D eigenvalue weighted by atomic mass is 9.84. The number of aliphatic hydroxyl groups is 1. The number of hydrogen-bond acceptors (Lipinski definition) is 7. The Balaban J connectivity index is 1.26. The molecule has 1 unspecified atom stereocenters. The van der Waals surface area contributed by atoms with Gasteiger partial charge in [0.15, 0.2) is 0 Å². The molecule has 1 aliphatic heterocycles. The van der Waals surface area contributed by atoms with Crippen LogP contribution in [0.3, 0.4) is 0 Å². The number of urea groups is 1. The molecule has 4 N–H and O–H groups in total. The highest BCUT2D eigenvalue weighted by Crippen LogP contribution is 2.27. The number of rotatable bonds is 18. The van der Waals surface area contributed by atoms with Gasteiger partial charge in [-0.2, -0.15) is 0 Å². The van der Waals surface area contributed by atoms with Gasteiger partial charge in [0.05, 0.1) is 35.4 Å². The molecule has 0 spiro atoms. The summed E-state index contributed by atoms with van der Waals surface area (Å²) >= 11 is 0. The molecule has 0 radical (unpaired) electrons. The molecular formula is C49H62N8O6. The number of pyridine rings is 1. The number of likely N-dealkylation sites (N-methyl/N-ethyl adjacent to an activating group) is 1. The highest BCUT2D eigenvalue weighted by atomic mass is 16.4. The molecule has 334 valence electrons. The molecule has 1 aliphatic rings. The standard InChI is InChI=1S/C49H62N8O6/c1-8-32(2)43(57-27-26-56(47(57)61)31-42-52-38-19-12-13-20-40(38)54(42)6)45(59)51-36(28-33-16-10-9-11-17-33)30-41(58)39(53-46(60)44(49(3,4)5)55(7)48(62)63)29-34-21-23-35(24-22-34)37-18-14-15-25-50-37/h9-25,32,36,39,41,43-44,58H,8,26-31H2,1-7H3,(H,51,59)(H,53,60)(H,62,63)/t32?,36-,39-,41+,43-,44+/m0/s1. The monoisotopic (exact) mass is 858 g/mol. The van der Waals surface area contributed by atoms with Gasteiger partial charge >= 0.3 is 12.1 Å². The molecule has 0 bridgehead atoms. The van der Waals surface area contributed by atoms with Crippen molar-refractivity contribution in [3.05, 3.63) is 120 Å². The quantitative estimate of drug-likeness (QED) is 0.0772. The molecule has 3 aromatic carbocycles. The minimum Gasteiger partial charge on any atom is -0.465 e. The number of para-hydroxylation sites is 2. The Morgan fingerprint density at radius 2 is 1.52 bits per heavy atom. The van der Waals surface area contributed by atoms with Crippen LogP contribution in [0.15, 0.2) is 103 Å². The van der Waals surface area contributed by atoms with Crippen LogP contribution >= 0.6 is 0 Å². The number of nitrogens with one attached hydrogen (secondary N) is 2. The Morgan fingerprint density at radius 3 is 2.16 bits per heavy atom. The SMILES string of the molecule is CCC(C)[C@@H](C(=O)N[C@@H](Cc1ccccc1)C[C@@H](O)[C@H](Cc1ccc(-c2ccccn2)cc1)NC(=O)[C@@H](N(C)C(=O)O)C(C)(C)C)N1CCN(Cc2nc3ccccc3n2C)C1=O. The number of carbonyl (C=O) groups is 4. The van der Waals surface area contributed by atoms with Crippen molar-refractivity contribution < 1.29 is 29.4 Å². The average molecular weight is 859 g/mol. The van der Waals surface area contributed by atoms with Gasteiger partial charge in [-0.25, -0.2) is 14.6 Å². The molecule has 1 saturated heterocycles. The van der Waals surface area contributed by atoms with E-state index in [1.165, 1.54) is 7.05 Å². The third-order valence-corrected chi connectivity index (χ3v) is 12.2. The summed E-state index contributed by atoms with van der Waals surface area (Å²) in [7, 11) is 3.30. The topological polar surface area (TPSA) is 173 Å². The summed E-state index contributed by atoms with van der Waals surface area (Å²) < 4.78 is 1.99. The van der Waals surface area contributed by atoms with Crippen LogP contribution in [0.25, 0.3) is 22.3 Å². The number of aromatic nitrogens is 3. The van der Waals surface area contributed by atoms with E-state index in [2.05, 4.69) is 15.6 Å². The van der Waals surface area contributed by atoms with E-state index in [0.717, 1.165) is 44.1 Å². The van der Waals surface area contributed by atoms with E-state index in [-0.39, 0.29) is 30.7 Å². The van der Waals surface area contributed by atoms with Gasteiger partial charge in [0, 0.05) is 45.0 Å². The highest BCUT2D eigenvalue weighted by molar-refractivity contribution is 5.89. The van der Waals surface area contributed by atoms with Crippen LogP contribution in [0.2, 0.25) is 0 Å². The zero-order valence-electron chi connectivity index (χ0n) is 37.4. The smallest absolute Gasteiger partial charge is 0.407 e. The molecular weight excluding hydrogens is 797 g/mol. The molecule has 0 saturated carbocycles. The fourth-order valence-corrected chi connectivity index (χ4v) is 8.68. The largest absolute Gasteiger partial charge is 0.465 e. The summed E-state index contributed by atoms with van der Waals surface area (Å²) in [5, 5.41) is 28.5. The lowest BCUT2D eigenvalue weighted by Crippen LogP contribution is -2.58. The molecule has 3 heterocycles. The molecule has 6 atom stereocenters. The molecule has 0 aliphatic carbocycles. The van der Waals surface area contributed by atoms with Crippen molar-refractivity contribution in [3.63, 3.8) is 0 Å². The highest BCUT2D eigenvalue weighted by Gasteiger charge is 2.42. The van der Waals surface area contributed by atoms with Crippen LogP contribution < -0.4 is 10.6 Å². The lowest BCUT2D eigenvalue weighted by molar-refractivity contribution is -0.131. The van der Waals surface area contributed by atoms with Crippen LogP contribution in [0.4, 0.5) is 9.59 Å². The molecule has 14 nitrogen and oxygen atoms in total. The van der Waals surface area contributed by atoms with Crippen molar-refractivity contribution in [1.82, 2.24) is 39.9 Å². The van der Waals surface area contributed by atoms with Crippen molar-refractivity contribution in [2.75, 3.05) is 20.1 Å². The summed E-state index contributed by atoms with van der Waals surface area (Å²) in [5.41, 5.74) is 4.52. The Bertz CT molecular complexity index is 2330. The van der Waals surface area contributed by atoms with Gasteiger partial charge < -0.3 is 35.2 Å². The maximum Gasteiger partial charge on any atom is 0.407 e. The number of nitrogens with zero attached hydrogens (tertiary/aromatic N) is 6. The molecule has 14 heteroatoms. The van der Waals surface area contributed by atoms with Crippen LogP contribution in [-0.4, -0.2) is 114 Å². The van der Waals surface area contributed by atoms with Gasteiger partial charge in [-0.3, -0.25) is 19.5 Å². The van der Waals surface area contributed by atoms with Gasteiger partial charge in [0.2, 0.25) is 11.8 Å². The number of benzene rings is 3. The minimum atomic E-state index is -1.25. The zero-order chi connectivity index (χ0) is 45.4. The van der Waals surface area contributed by atoms with E-state index < -0.39 is 47.7 Å². The van der Waals surface area contributed by atoms with E-state index in [9.17, 15) is 29.4 Å². The van der Waals surface area contributed by atoms with Gasteiger partial charge in [-0.15, -0.1) is 0 Å². The summed E-state index contributed by atoms with van der Waals surface area (Å²) in [4.78, 5) is 68.8. The van der Waals surface area contributed by atoms with Crippen LogP contribution in [0, 0.1) is 11.3 Å². The Kier molecular flexibility index (Phi) is 14.9. The lowest BCUT2D eigenvalue weighted by Gasteiger charge is -2.37. The average Bonchev–Trinajstić information content (AvgIpc) is 3.77. The Morgan fingerprint density at radius 1 is 0.857 bits per heavy atom. The fraction of sp³-hybridized carbons (Fsp3) is 0.429. The first kappa shape index (κ1) is 46.2. The number of aliphatic hydroxyl groups excluding tert-OH is 1. The first-order valence-corrected chi connectivity index (χ1v) is 21.8. The third kappa shape index (κ3) is 11.2. The zero-order valence-corrected chi connectivity index (χ0v) is 37.4. The van der Waals surface area contributed by atoms with Crippen molar-refractivity contribution in [2.24, 2.45) is 18.4 Å². The first-order chi connectivity index (χ1) is 30.0. The molecule has 6 rings (SSSR count). The second kappa shape index (κ2) is 20.3. The van der Waals surface area contributed by atoms with E-state index in [1.807, 2.05) is 123 Å². The summed E-state index contributed by atoms with van der Waals surface area (Å²) in [6.07, 6.45) is 0.567. The minimum absolute atomic E-state index is 0.0482. The van der Waals surface area contributed by atoms with E-state index >= 15 is 0 Å².